The van der Waals surface area contributed by atoms with Crippen molar-refractivity contribution >= 4 is 46.1 Å². The van der Waals surface area contributed by atoms with E-state index in [4.69, 9.17) is 21.1 Å². The van der Waals surface area contributed by atoms with Crippen LogP contribution in [0.1, 0.15) is 17.0 Å². The van der Waals surface area contributed by atoms with Gasteiger partial charge in [-0.15, -0.1) is 5.10 Å². The fourth-order valence-corrected chi connectivity index (χ4v) is 3.91. The first-order chi connectivity index (χ1) is 14.1. The lowest BCUT2D eigenvalue weighted by Crippen LogP contribution is -2.23. The molecule has 2 aromatic carbocycles. The Bertz CT molecular complexity index is 1330. The second-order valence-electron chi connectivity index (χ2n) is 6.08. The van der Waals surface area contributed by atoms with Crippen molar-refractivity contribution in [3.63, 3.8) is 0 Å². The van der Waals surface area contributed by atoms with E-state index in [0.717, 1.165) is 11.1 Å². The maximum atomic E-state index is 12.6. The van der Waals surface area contributed by atoms with Crippen LogP contribution in [-0.4, -0.2) is 28.8 Å². The quantitative estimate of drug-likeness (QED) is 0.489. The minimum atomic E-state index is -0.205. The summed E-state index contributed by atoms with van der Waals surface area (Å²) in [5.74, 6) is 1.75. The lowest BCUT2D eigenvalue weighted by Gasteiger charge is -2.07. The number of benzene rings is 2. The summed E-state index contributed by atoms with van der Waals surface area (Å²) in [5, 5.41) is 4.92. The Morgan fingerprint density at radius 1 is 1.03 bits per heavy atom. The molecule has 0 unspecified atom stereocenters. The molecule has 4 aromatic rings. The highest BCUT2D eigenvalue weighted by Gasteiger charge is 2.09. The molecule has 0 fully saturated rings. The zero-order chi connectivity index (χ0) is 20.4. The van der Waals surface area contributed by atoms with Crippen molar-refractivity contribution in [1.29, 1.82) is 0 Å². The molecule has 0 aliphatic heterocycles. The smallest absolute Gasteiger partial charge is 0.291 e. The van der Waals surface area contributed by atoms with Crippen LogP contribution in [0.15, 0.2) is 47.3 Å². The number of fused-ring (bicyclic) bond motifs is 1. The number of thiazole rings is 1. The molecule has 4 rings (SSSR count). The summed E-state index contributed by atoms with van der Waals surface area (Å²) < 4.78 is 12.4. The van der Waals surface area contributed by atoms with Crippen molar-refractivity contribution in [2.75, 3.05) is 14.2 Å². The van der Waals surface area contributed by atoms with Gasteiger partial charge in [0.05, 0.1) is 18.8 Å². The predicted octanol–water partition coefficient (Wildman–Crippen LogP) is 3.54. The van der Waals surface area contributed by atoms with Crippen LogP contribution in [0.3, 0.4) is 0 Å². The Labute approximate surface area is 175 Å². The molecule has 146 valence electrons. The van der Waals surface area contributed by atoms with Crippen molar-refractivity contribution in [2.45, 2.75) is 0 Å². The van der Waals surface area contributed by atoms with Crippen LogP contribution in [-0.2, 0) is 0 Å². The summed E-state index contributed by atoms with van der Waals surface area (Å²) in [6, 6.07) is 12.9. The van der Waals surface area contributed by atoms with Crippen LogP contribution in [0.2, 0.25) is 5.02 Å². The van der Waals surface area contributed by atoms with E-state index in [1.807, 2.05) is 36.4 Å². The Kier molecular flexibility index (Phi) is 5.33. The molecule has 6 nitrogen and oxygen atoms in total. The van der Waals surface area contributed by atoms with Crippen LogP contribution in [0.4, 0.5) is 0 Å². The third kappa shape index (κ3) is 4.01. The average Bonchev–Trinajstić information content (AvgIpc) is 3.25. The largest absolute Gasteiger partial charge is 0.493 e. The molecule has 0 radical (unpaired) electrons. The van der Waals surface area contributed by atoms with E-state index in [-0.39, 0.29) is 5.56 Å². The predicted molar refractivity (Wildman–Crippen MR) is 116 cm³/mol. The summed E-state index contributed by atoms with van der Waals surface area (Å²) in [6.45, 7) is 0. The molecule has 0 amide bonds. The second-order valence-corrected chi connectivity index (χ2v) is 7.53. The van der Waals surface area contributed by atoms with Gasteiger partial charge < -0.3 is 9.47 Å². The van der Waals surface area contributed by atoms with Crippen molar-refractivity contribution in [2.24, 2.45) is 0 Å². The highest BCUT2D eigenvalue weighted by molar-refractivity contribution is 7.15. The lowest BCUT2D eigenvalue weighted by molar-refractivity contribution is 0.355. The highest BCUT2D eigenvalue weighted by atomic mass is 35.5. The van der Waals surface area contributed by atoms with E-state index in [1.54, 1.807) is 38.5 Å². The zero-order valence-corrected chi connectivity index (χ0v) is 17.2. The van der Waals surface area contributed by atoms with E-state index < -0.39 is 0 Å². The van der Waals surface area contributed by atoms with Crippen molar-refractivity contribution < 1.29 is 9.47 Å². The molecule has 0 atom stereocenters. The molecule has 0 saturated heterocycles. The standard InChI is InChI=1S/C21H16ClN3O3S/c1-27-16-8-6-13(11-17(16)28-2)7-9-19-23-21-25(24-19)20(26)18(29-21)12-14-4-3-5-15(22)10-14/h3-12H,1-2H3/b9-7+,18-12-. The van der Waals surface area contributed by atoms with Gasteiger partial charge in [-0.05, 0) is 47.5 Å². The van der Waals surface area contributed by atoms with Gasteiger partial charge in [-0.25, -0.2) is 0 Å². The van der Waals surface area contributed by atoms with Crippen LogP contribution in [0.25, 0.3) is 23.2 Å². The summed E-state index contributed by atoms with van der Waals surface area (Å²) in [6.07, 6.45) is 5.39. The van der Waals surface area contributed by atoms with Gasteiger partial charge in [0.1, 0.15) is 0 Å². The Morgan fingerprint density at radius 3 is 2.59 bits per heavy atom. The molecule has 2 aromatic heterocycles. The SMILES string of the molecule is COc1ccc(/C=C/c2nc3s/c(=C\c4cccc(Cl)c4)c(=O)n3n2)cc1OC. The molecule has 0 saturated carbocycles. The summed E-state index contributed by atoms with van der Waals surface area (Å²) in [5.41, 5.74) is 1.55. The van der Waals surface area contributed by atoms with Gasteiger partial charge in [0.25, 0.3) is 5.56 Å². The van der Waals surface area contributed by atoms with E-state index >= 15 is 0 Å². The van der Waals surface area contributed by atoms with E-state index in [9.17, 15) is 4.79 Å². The zero-order valence-electron chi connectivity index (χ0n) is 15.6. The normalized spacial score (nSPS) is 12.2. The summed E-state index contributed by atoms with van der Waals surface area (Å²) in [7, 11) is 3.18. The third-order valence-corrected chi connectivity index (χ3v) is 5.37. The number of methoxy groups -OCH3 is 2. The molecule has 0 aliphatic rings. The van der Waals surface area contributed by atoms with Crippen molar-refractivity contribution in [1.82, 2.24) is 14.6 Å². The second kappa shape index (κ2) is 8.06. The number of hydrogen-bond acceptors (Lipinski definition) is 6. The van der Waals surface area contributed by atoms with E-state index in [2.05, 4.69) is 10.1 Å². The monoisotopic (exact) mass is 425 g/mol. The van der Waals surface area contributed by atoms with Gasteiger partial charge in [-0.1, -0.05) is 47.2 Å². The number of aromatic nitrogens is 3. The minimum absolute atomic E-state index is 0.205. The molecule has 0 aliphatic carbocycles. The van der Waals surface area contributed by atoms with Crippen molar-refractivity contribution in [3.05, 3.63) is 79.3 Å². The Balaban J connectivity index is 1.64. The first-order valence-electron chi connectivity index (χ1n) is 8.64. The molecular formula is C21H16ClN3O3S. The first-order valence-corrected chi connectivity index (χ1v) is 9.84. The van der Waals surface area contributed by atoms with Crippen LogP contribution >= 0.6 is 22.9 Å². The number of nitrogens with zero attached hydrogens (tertiary/aromatic N) is 3. The fourth-order valence-electron chi connectivity index (χ4n) is 2.79. The third-order valence-electron chi connectivity index (χ3n) is 4.18. The summed E-state index contributed by atoms with van der Waals surface area (Å²) in [4.78, 5) is 17.6. The van der Waals surface area contributed by atoms with Gasteiger partial charge in [-0.2, -0.15) is 9.50 Å². The average molecular weight is 426 g/mol. The lowest BCUT2D eigenvalue weighted by atomic mass is 10.2. The molecule has 8 heteroatoms. The molecule has 0 N–H and O–H groups in total. The molecular weight excluding hydrogens is 410 g/mol. The molecule has 2 heterocycles. The topological polar surface area (TPSA) is 65.7 Å². The van der Waals surface area contributed by atoms with Gasteiger partial charge in [0.2, 0.25) is 4.96 Å². The number of ether oxygens (including phenoxy) is 2. The van der Waals surface area contributed by atoms with Gasteiger partial charge in [0.15, 0.2) is 17.3 Å². The van der Waals surface area contributed by atoms with E-state index in [0.29, 0.717) is 31.8 Å². The van der Waals surface area contributed by atoms with Gasteiger partial charge in [-0.3, -0.25) is 4.79 Å². The van der Waals surface area contributed by atoms with E-state index in [1.165, 1.54) is 15.9 Å². The van der Waals surface area contributed by atoms with Crippen LogP contribution < -0.4 is 19.6 Å². The van der Waals surface area contributed by atoms with Crippen LogP contribution in [0, 0.1) is 0 Å². The maximum Gasteiger partial charge on any atom is 0.291 e. The minimum Gasteiger partial charge on any atom is -0.493 e. The number of rotatable bonds is 5. The number of hydrogen-bond donors (Lipinski definition) is 0. The van der Waals surface area contributed by atoms with Crippen molar-refractivity contribution in [3.8, 4) is 11.5 Å². The molecule has 29 heavy (non-hydrogen) atoms. The fraction of sp³-hybridized carbons (Fsp3) is 0.0952. The number of halogens is 1. The van der Waals surface area contributed by atoms with Crippen LogP contribution in [0.5, 0.6) is 11.5 Å². The maximum absolute atomic E-state index is 12.6. The summed E-state index contributed by atoms with van der Waals surface area (Å²) >= 11 is 7.29. The Morgan fingerprint density at radius 2 is 1.86 bits per heavy atom. The van der Waals surface area contributed by atoms with Gasteiger partial charge >= 0.3 is 0 Å². The first kappa shape index (κ1) is 19.2. The van der Waals surface area contributed by atoms with Gasteiger partial charge in [0, 0.05) is 5.02 Å². The highest BCUT2D eigenvalue weighted by Crippen LogP contribution is 2.28. The molecule has 0 spiro atoms. The molecule has 0 bridgehead atoms. The Hall–Kier alpha value is -3.16.